The van der Waals surface area contributed by atoms with Crippen molar-refractivity contribution in [1.29, 1.82) is 0 Å². The summed E-state index contributed by atoms with van der Waals surface area (Å²) in [6.07, 6.45) is 8.57. The van der Waals surface area contributed by atoms with Crippen molar-refractivity contribution < 1.29 is 4.79 Å². The lowest BCUT2D eigenvalue weighted by atomic mass is 9.07. The topological polar surface area (TPSA) is 43.1 Å². The monoisotopic (exact) mass is 179 g/mol. The minimum atomic E-state index is -0.0885. The number of amides is 1. The third-order valence-electron chi connectivity index (χ3n) is 3.23. The van der Waals surface area contributed by atoms with Gasteiger partial charge >= 0.3 is 0 Å². The lowest BCUT2D eigenvalue weighted by Gasteiger charge is -2.13. The van der Waals surface area contributed by atoms with Crippen LogP contribution in [-0.4, -0.2) is 19.0 Å². The summed E-state index contributed by atoms with van der Waals surface area (Å²) in [4.78, 5) is 11.2. The Hall–Kier alpha value is -0.400. The van der Waals surface area contributed by atoms with Crippen molar-refractivity contribution in [2.75, 3.05) is 0 Å². The summed E-state index contributed by atoms with van der Waals surface area (Å²) >= 11 is 0. The van der Waals surface area contributed by atoms with E-state index in [0.29, 0.717) is 6.60 Å². The van der Waals surface area contributed by atoms with Gasteiger partial charge in [0, 0.05) is 0 Å². The van der Waals surface area contributed by atoms with Crippen LogP contribution in [-0.2, 0) is 0 Å². The maximum absolute atomic E-state index is 11.2. The molecule has 0 aromatic heterocycles. The Kier molecular flexibility index (Phi) is 4.40. The van der Waals surface area contributed by atoms with E-state index in [9.17, 15) is 4.79 Å². The van der Waals surface area contributed by atoms with Gasteiger partial charge in [-0.1, -0.05) is 51.6 Å². The first-order chi connectivity index (χ1) is 6.22. The van der Waals surface area contributed by atoms with Crippen LogP contribution in [0.25, 0.3) is 0 Å². The number of carbonyl (C=O) groups is 1. The fraction of sp³-hybridized carbons (Fsp3) is 0.889. The van der Waals surface area contributed by atoms with Gasteiger partial charge < -0.3 is 5.73 Å². The zero-order valence-electron chi connectivity index (χ0n) is 8.59. The number of hydrogen-bond donors (Lipinski definition) is 1. The Morgan fingerprint density at radius 1 is 1.08 bits per heavy atom. The van der Waals surface area contributed by atoms with E-state index in [2.05, 4.69) is 6.82 Å². The molecule has 13 heavy (non-hydrogen) atoms. The molecular formula is C9H19B2NO. The van der Waals surface area contributed by atoms with Crippen molar-refractivity contribution in [2.24, 2.45) is 5.73 Å². The zero-order valence-corrected chi connectivity index (χ0v) is 8.59. The molecule has 2 nitrogen and oxygen atoms in total. The first-order valence-corrected chi connectivity index (χ1v) is 5.51. The minimum absolute atomic E-state index is 0.0885. The number of rotatable bonds is 1. The van der Waals surface area contributed by atoms with Gasteiger partial charge in [-0.25, -0.2) is 0 Å². The van der Waals surface area contributed by atoms with Gasteiger partial charge in [0.25, 0.3) is 0 Å². The quantitative estimate of drug-likeness (QED) is 0.616. The molecule has 1 saturated heterocycles. The molecule has 1 amide bonds. The summed E-state index contributed by atoms with van der Waals surface area (Å²) in [7, 11) is 0. The molecule has 0 bridgehead atoms. The molecule has 1 rings (SSSR count). The van der Waals surface area contributed by atoms with Gasteiger partial charge in [0.2, 0.25) is 6.60 Å². The Balaban J connectivity index is 2.50. The van der Waals surface area contributed by atoms with Crippen LogP contribution in [0.3, 0.4) is 0 Å². The maximum Gasteiger partial charge on any atom is 0.219 e. The molecule has 0 aromatic carbocycles. The number of primary amides is 1. The maximum atomic E-state index is 11.2. The van der Waals surface area contributed by atoms with E-state index < -0.39 is 0 Å². The van der Waals surface area contributed by atoms with Crippen LogP contribution < -0.4 is 5.73 Å². The molecule has 2 N–H and O–H groups in total. The molecule has 0 aliphatic carbocycles. The largest absolute Gasteiger partial charge is 0.379 e. The second-order valence-corrected chi connectivity index (χ2v) is 4.33. The average molecular weight is 179 g/mol. The summed E-state index contributed by atoms with van der Waals surface area (Å²) in [6, 6.07) is 0. The smallest absolute Gasteiger partial charge is 0.219 e. The van der Waals surface area contributed by atoms with Crippen LogP contribution in [0.5, 0.6) is 0 Å². The van der Waals surface area contributed by atoms with Gasteiger partial charge in [0.15, 0.2) is 5.81 Å². The highest BCUT2D eigenvalue weighted by Gasteiger charge is 2.29. The lowest BCUT2D eigenvalue weighted by Crippen LogP contribution is -2.43. The molecule has 0 saturated carbocycles. The fourth-order valence-electron chi connectivity index (χ4n) is 2.27. The summed E-state index contributed by atoms with van der Waals surface area (Å²) in [5.41, 5.74) is 5.39. The van der Waals surface area contributed by atoms with Crippen molar-refractivity contribution in [1.82, 2.24) is 0 Å². The molecule has 4 heteroatoms. The second kappa shape index (κ2) is 5.36. The van der Waals surface area contributed by atoms with Crippen molar-refractivity contribution in [3.8, 4) is 0 Å². The Morgan fingerprint density at radius 2 is 1.62 bits per heavy atom. The molecule has 72 valence electrons. The normalized spacial score (nSPS) is 20.4. The van der Waals surface area contributed by atoms with Gasteiger partial charge in [-0.15, -0.1) is 0 Å². The molecular weight excluding hydrogens is 160 g/mol. The van der Waals surface area contributed by atoms with E-state index in [1.165, 1.54) is 38.4 Å². The predicted molar refractivity (Wildman–Crippen MR) is 59.7 cm³/mol. The highest BCUT2D eigenvalue weighted by Crippen LogP contribution is 2.17. The molecule has 0 spiro atoms. The van der Waals surface area contributed by atoms with Gasteiger partial charge in [-0.3, -0.25) is 4.79 Å². The van der Waals surface area contributed by atoms with Gasteiger partial charge in [0.1, 0.15) is 6.60 Å². The molecule has 0 radical (unpaired) electrons. The van der Waals surface area contributed by atoms with Crippen LogP contribution in [0.4, 0.5) is 4.79 Å². The fourth-order valence-corrected chi connectivity index (χ4v) is 2.27. The van der Waals surface area contributed by atoms with E-state index in [1.54, 1.807) is 0 Å². The van der Waals surface area contributed by atoms with E-state index >= 15 is 0 Å². The minimum Gasteiger partial charge on any atom is -0.379 e. The number of hydrogen-bond acceptors (Lipinski definition) is 1. The summed E-state index contributed by atoms with van der Waals surface area (Å²) < 4.78 is 0. The summed E-state index contributed by atoms with van der Waals surface area (Å²) in [5.74, 6) is -0.0885. The molecule has 1 aliphatic rings. The molecule has 0 atom stereocenters. The Labute approximate surface area is 81.8 Å². The van der Waals surface area contributed by atoms with Crippen LogP contribution >= 0.6 is 0 Å². The van der Waals surface area contributed by atoms with Gasteiger partial charge in [-0.05, 0) is 0 Å². The van der Waals surface area contributed by atoms with Crippen LogP contribution in [0.1, 0.15) is 32.1 Å². The Bertz CT molecular complexity index is 175. The van der Waals surface area contributed by atoms with E-state index in [0.717, 1.165) is 6.32 Å². The lowest BCUT2D eigenvalue weighted by molar-refractivity contribution is 0.265. The third kappa shape index (κ3) is 3.45. The SMILES string of the molecule is CB1CCCCCCCB1C(N)=O. The number of carbonyl (C=O) groups excluding carboxylic acids is 1. The number of nitrogens with two attached hydrogens (primary N) is 1. The molecule has 1 heterocycles. The highest BCUT2D eigenvalue weighted by molar-refractivity contribution is 7.34. The van der Waals surface area contributed by atoms with Crippen LogP contribution in [0.15, 0.2) is 0 Å². The van der Waals surface area contributed by atoms with Crippen molar-refractivity contribution in [3.63, 3.8) is 0 Å². The summed E-state index contributed by atoms with van der Waals surface area (Å²) in [5, 5.41) is 0. The molecule has 0 unspecified atom stereocenters. The average Bonchev–Trinajstić information content (AvgIpc) is 2.16. The van der Waals surface area contributed by atoms with Crippen LogP contribution in [0, 0.1) is 0 Å². The third-order valence-corrected chi connectivity index (χ3v) is 3.23. The van der Waals surface area contributed by atoms with Crippen molar-refractivity contribution >= 4 is 19.0 Å². The van der Waals surface area contributed by atoms with Gasteiger partial charge in [0.05, 0.1) is 0 Å². The zero-order chi connectivity index (χ0) is 9.68. The molecule has 0 aromatic rings. The first kappa shape index (κ1) is 10.7. The molecule has 1 fully saturated rings. The second-order valence-electron chi connectivity index (χ2n) is 4.33. The van der Waals surface area contributed by atoms with Crippen molar-refractivity contribution in [2.45, 2.75) is 51.6 Å². The predicted octanol–water partition coefficient (Wildman–Crippen LogP) is 2.31. The van der Waals surface area contributed by atoms with E-state index in [-0.39, 0.29) is 12.4 Å². The van der Waals surface area contributed by atoms with Gasteiger partial charge in [-0.2, -0.15) is 0 Å². The van der Waals surface area contributed by atoms with Crippen LogP contribution in [0.2, 0.25) is 19.5 Å². The standard InChI is InChI=1S/C9H19B2NO/c1-10-7-5-3-2-4-6-8-11(10)9(12)13/h2-8H2,1H3,(H2,12,13). The first-order valence-electron chi connectivity index (χ1n) is 5.51. The van der Waals surface area contributed by atoms with Crippen molar-refractivity contribution in [3.05, 3.63) is 0 Å². The van der Waals surface area contributed by atoms with E-state index in [1.807, 2.05) is 0 Å². The van der Waals surface area contributed by atoms with E-state index in [4.69, 9.17) is 5.73 Å². The Morgan fingerprint density at radius 3 is 2.23 bits per heavy atom. The highest BCUT2D eigenvalue weighted by atomic mass is 16.1. The molecule has 1 aliphatic heterocycles. The summed E-state index contributed by atoms with van der Waals surface area (Å²) in [6.45, 7) is 2.80.